The monoisotopic (exact) mass is 131 g/mol. The minimum Gasteiger partial charge on any atom is -0.192 e. The molecular weight excluding hydrogens is 120 g/mol. The number of benzene rings is 1. The average molecular weight is 131 g/mol. The van der Waals surface area contributed by atoms with Gasteiger partial charge in [-0.25, -0.2) is 0 Å². The van der Waals surface area contributed by atoms with Crippen molar-refractivity contribution in [1.82, 2.24) is 0 Å². The highest BCUT2D eigenvalue weighted by atomic mass is 13.9. The van der Waals surface area contributed by atoms with Crippen molar-refractivity contribution in [2.75, 3.05) is 0 Å². The highest BCUT2D eigenvalue weighted by molar-refractivity contribution is 5.47. The molecule has 0 atom stereocenters. The molecule has 0 aromatic heterocycles. The molecule has 0 saturated heterocycles. The average Bonchev–Trinajstić information content (AvgIpc) is 2.05. The van der Waals surface area contributed by atoms with Gasteiger partial charge < -0.3 is 0 Å². The lowest BCUT2D eigenvalue weighted by Gasteiger charge is -2.04. The van der Waals surface area contributed by atoms with Gasteiger partial charge in [-0.05, 0) is 0 Å². The topological polar surface area (TPSA) is 0 Å². The van der Waals surface area contributed by atoms with E-state index in [4.69, 9.17) is 0 Å². The fourth-order valence-corrected chi connectivity index (χ4v) is 0.825. The Kier molecular flexibility index (Phi) is 2.16. The van der Waals surface area contributed by atoms with Gasteiger partial charge in [0.15, 0.2) is 0 Å². The second-order valence-corrected chi connectivity index (χ2v) is 2.16. The van der Waals surface area contributed by atoms with Gasteiger partial charge >= 0.3 is 0 Å². The summed E-state index contributed by atoms with van der Waals surface area (Å²) in [6.45, 7) is 5.71. The van der Waals surface area contributed by atoms with Crippen molar-refractivity contribution in [3.8, 4) is 0 Å². The maximum atomic E-state index is 3.68. The molecular formula is C10H11-. The van der Waals surface area contributed by atoms with Crippen molar-refractivity contribution in [3.63, 3.8) is 0 Å². The van der Waals surface area contributed by atoms with E-state index >= 15 is 0 Å². The van der Waals surface area contributed by atoms with Crippen molar-refractivity contribution < 1.29 is 0 Å². The molecule has 0 bridgehead atoms. The first-order valence-corrected chi connectivity index (χ1v) is 3.38. The van der Waals surface area contributed by atoms with E-state index in [-0.39, 0.29) is 0 Å². The van der Waals surface area contributed by atoms with Crippen LogP contribution in [0.3, 0.4) is 0 Å². The Morgan fingerprint density at radius 3 is 2.30 bits per heavy atom. The summed E-state index contributed by atoms with van der Waals surface area (Å²) in [5.74, 6) is 0. The van der Waals surface area contributed by atoms with Crippen LogP contribution in [-0.4, -0.2) is 0 Å². The van der Waals surface area contributed by atoms with Gasteiger partial charge in [0.05, 0.1) is 0 Å². The first-order valence-electron chi connectivity index (χ1n) is 3.38. The third-order valence-electron chi connectivity index (χ3n) is 1.51. The molecule has 0 heteroatoms. The molecule has 1 rings (SSSR count). The van der Waals surface area contributed by atoms with Crippen molar-refractivity contribution >= 4 is 6.08 Å². The SMILES string of the molecule is C=Cc1ccc([CH-]C)cc1. The number of hydrogen-bond acceptors (Lipinski definition) is 0. The molecule has 0 spiro atoms. The molecule has 0 amide bonds. The third-order valence-corrected chi connectivity index (χ3v) is 1.51. The highest BCUT2D eigenvalue weighted by Crippen LogP contribution is 2.06. The van der Waals surface area contributed by atoms with E-state index in [0.29, 0.717) is 0 Å². The Labute approximate surface area is 62.2 Å². The standard InChI is InChI=1S/C10H11/c1-3-9-5-7-10(4-2)8-6-9/h3-8H,1H2,2H3/q-1. The van der Waals surface area contributed by atoms with Gasteiger partial charge in [0, 0.05) is 0 Å². The van der Waals surface area contributed by atoms with E-state index in [9.17, 15) is 0 Å². The molecule has 1 aromatic carbocycles. The predicted molar refractivity (Wildman–Crippen MR) is 45.6 cm³/mol. The quantitative estimate of drug-likeness (QED) is 0.541. The zero-order valence-corrected chi connectivity index (χ0v) is 6.17. The van der Waals surface area contributed by atoms with Gasteiger partial charge in [0.2, 0.25) is 0 Å². The second kappa shape index (κ2) is 3.11. The molecule has 0 aliphatic carbocycles. The van der Waals surface area contributed by atoms with E-state index in [0.717, 1.165) is 0 Å². The van der Waals surface area contributed by atoms with Crippen LogP contribution in [0, 0.1) is 6.42 Å². The fraction of sp³-hybridized carbons (Fsp3) is 0.100. The Balaban J connectivity index is 2.90. The lowest BCUT2D eigenvalue weighted by Crippen LogP contribution is -1.76. The molecule has 1 aromatic rings. The molecule has 0 unspecified atom stereocenters. The van der Waals surface area contributed by atoms with Crippen LogP contribution in [0.5, 0.6) is 0 Å². The van der Waals surface area contributed by atoms with Crippen molar-refractivity contribution in [2.45, 2.75) is 6.92 Å². The lowest BCUT2D eigenvalue weighted by atomic mass is 10.1. The molecule has 0 radical (unpaired) electrons. The summed E-state index contributed by atoms with van der Waals surface area (Å²) >= 11 is 0. The van der Waals surface area contributed by atoms with Crippen LogP contribution in [0.15, 0.2) is 30.8 Å². The summed E-state index contributed by atoms with van der Waals surface area (Å²) in [5.41, 5.74) is 2.43. The molecule has 0 aliphatic rings. The molecule has 0 fully saturated rings. The second-order valence-electron chi connectivity index (χ2n) is 2.16. The van der Waals surface area contributed by atoms with Crippen LogP contribution >= 0.6 is 0 Å². The summed E-state index contributed by atoms with van der Waals surface area (Å²) in [4.78, 5) is 0. The van der Waals surface area contributed by atoms with Gasteiger partial charge in [-0.15, -0.1) is 12.1 Å². The molecule has 0 N–H and O–H groups in total. The van der Waals surface area contributed by atoms with E-state index in [1.54, 1.807) is 0 Å². The number of rotatable bonds is 2. The predicted octanol–water partition coefficient (Wildman–Crippen LogP) is 2.90. The van der Waals surface area contributed by atoms with Crippen LogP contribution in [0.2, 0.25) is 0 Å². The highest BCUT2D eigenvalue weighted by Gasteiger charge is 1.78. The smallest absolute Gasteiger partial charge is 0.0505 e. The van der Waals surface area contributed by atoms with Crippen LogP contribution < -0.4 is 0 Å². The van der Waals surface area contributed by atoms with Crippen LogP contribution in [0.25, 0.3) is 6.08 Å². The van der Waals surface area contributed by atoms with E-state index in [2.05, 4.69) is 37.3 Å². The van der Waals surface area contributed by atoms with Crippen molar-refractivity contribution in [3.05, 3.63) is 48.4 Å². The molecule has 0 nitrogen and oxygen atoms in total. The van der Waals surface area contributed by atoms with Crippen LogP contribution in [0.1, 0.15) is 18.1 Å². The van der Waals surface area contributed by atoms with Crippen molar-refractivity contribution in [2.24, 2.45) is 0 Å². The minimum absolute atomic E-state index is 1.17. The minimum atomic E-state index is 1.17. The Hall–Kier alpha value is -1.17. The van der Waals surface area contributed by atoms with Crippen LogP contribution in [-0.2, 0) is 0 Å². The van der Waals surface area contributed by atoms with E-state index < -0.39 is 0 Å². The Morgan fingerprint density at radius 2 is 1.90 bits per heavy atom. The van der Waals surface area contributed by atoms with Gasteiger partial charge in [0.1, 0.15) is 0 Å². The first kappa shape index (κ1) is 6.94. The van der Waals surface area contributed by atoms with Gasteiger partial charge in [-0.2, -0.15) is 24.1 Å². The van der Waals surface area contributed by atoms with E-state index in [1.807, 2.05) is 13.0 Å². The maximum Gasteiger partial charge on any atom is -0.0505 e. The molecule has 0 heterocycles. The zero-order valence-electron chi connectivity index (χ0n) is 6.17. The van der Waals surface area contributed by atoms with Gasteiger partial charge in [-0.1, -0.05) is 25.1 Å². The summed E-state index contributed by atoms with van der Waals surface area (Å²) in [7, 11) is 0. The Morgan fingerprint density at radius 1 is 1.30 bits per heavy atom. The van der Waals surface area contributed by atoms with Crippen molar-refractivity contribution in [1.29, 1.82) is 0 Å². The van der Waals surface area contributed by atoms with Gasteiger partial charge in [-0.3, -0.25) is 0 Å². The molecule has 0 aliphatic heterocycles. The largest absolute Gasteiger partial charge is 0.192 e. The maximum absolute atomic E-state index is 3.68. The summed E-state index contributed by atoms with van der Waals surface area (Å²) < 4.78 is 0. The molecule has 52 valence electrons. The first-order chi connectivity index (χ1) is 4.86. The van der Waals surface area contributed by atoms with E-state index in [1.165, 1.54) is 11.1 Å². The molecule has 0 saturated carbocycles. The summed E-state index contributed by atoms with van der Waals surface area (Å²) in [5, 5.41) is 0. The van der Waals surface area contributed by atoms with Crippen LogP contribution in [0.4, 0.5) is 0 Å². The number of hydrogen-bond donors (Lipinski definition) is 0. The lowest BCUT2D eigenvalue weighted by molar-refractivity contribution is 1.42. The Bertz CT molecular complexity index is 206. The molecule has 10 heavy (non-hydrogen) atoms. The summed E-state index contributed by atoms with van der Waals surface area (Å²) in [6, 6.07) is 8.28. The normalized spacial score (nSPS) is 8.90. The van der Waals surface area contributed by atoms with Gasteiger partial charge in [0.25, 0.3) is 0 Å². The zero-order chi connectivity index (χ0) is 7.40. The summed E-state index contributed by atoms with van der Waals surface area (Å²) in [6.07, 6.45) is 3.92. The third kappa shape index (κ3) is 1.41. The fourth-order valence-electron chi connectivity index (χ4n) is 0.825.